The lowest BCUT2D eigenvalue weighted by molar-refractivity contribution is -0.122. The van der Waals surface area contributed by atoms with Crippen LogP contribution in [0.1, 0.15) is 18.4 Å². The molecule has 2 aliphatic rings. The van der Waals surface area contributed by atoms with Gasteiger partial charge in [0.15, 0.2) is 0 Å². The van der Waals surface area contributed by atoms with E-state index in [2.05, 4.69) is 0 Å². The maximum atomic E-state index is 12.6. The lowest BCUT2D eigenvalue weighted by Gasteiger charge is -2.15. The number of ether oxygens (including phenoxy) is 1. The Morgan fingerprint density at radius 3 is 2.04 bits per heavy atom. The first-order chi connectivity index (χ1) is 12.2. The van der Waals surface area contributed by atoms with Crippen LogP contribution in [0.2, 0.25) is 0 Å². The number of carbonyl (C=O) groups excluding carboxylic acids is 2. The van der Waals surface area contributed by atoms with Crippen LogP contribution >= 0.6 is 0 Å². The van der Waals surface area contributed by atoms with E-state index >= 15 is 0 Å². The highest BCUT2D eigenvalue weighted by molar-refractivity contribution is 6.22. The van der Waals surface area contributed by atoms with Crippen molar-refractivity contribution in [1.82, 2.24) is 0 Å². The third-order valence-corrected chi connectivity index (χ3v) is 4.85. The summed E-state index contributed by atoms with van der Waals surface area (Å²) in [5, 5.41) is 0. The molecule has 0 N–H and O–H groups in total. The van der Waals surface area contributed by atoms with Crippen molar-refractivity contribution in [2.45, 2.75) is 19.4 Å². The van der Waals surface area contributed by atoms with E-state index in [-0.39, 0.29) is 23.7 Å². The molecule has 0 spiro atoms. The van der Waals surface area contributed by atoms with Gasteiger partial charge in [0.2, 0.25) is 11.8 Å². The Kier molecular flexibility index (Phi) is 4.10. The fourth-order valence-electron chi connectivity index (χ4n) is 3.49. The van der Waals surface area contributed by atoms with Gasteiger partial charge in [-0.3, -0.25) is 14.5 Å². The standard InChI is InChI=1S/C21H19NO3/c23-20-18-8-4-5-9-19(18)21(24)22(20)16-10-12-17(13-11-16)25-14-15-6-2-1-3-7-15/h1-7,10-13,18-19H,8-9,14H2/t18-,19-/m1/s1. The zero-order valence-electron chi connectivity index (χ0n) is 13.8. The summed E-state index contributed by atoms with van der Waals surface area (Å²) in [7, 11) is 0. The quantitative estimate of drug-likeness (QED) is 0.633. The number of rotatable bonds is 4. The highest BCUT2D eigenvalue weighted by Gasteiger charge is 2.47. The van der Waals surface area contributed by atoms with Gasteiger partial charge in [-0.2, -0.15) is 0 Å². The molecule has 0 radical (unpaired) electrons. The van der Waals surface area contributed by atoms with Crippen LogP contribution in [0.25, 0.3) is 0 Å². The number of allylic oxidation sites excluding steroid dienone is 2. The van der Waals surface area contributed by atoms with Crippen molar-refractivity contribution < 1.29 is 14.3 Å². The molecule has 4 nitrogen and oxygen atoms in total. The van der Waals surface area contributed by atoms with Gasteiger partial charge >= 0.3 is 0 Å². The summed E-state index contributed by atoms with van der Waals surface area (Å²) in [4.78, 5) is 26.5. The minimum Gasteiger partial charge on any atom is -0.489 e. The molecule has 1 aliphatic heterocycles. The van der Waals surface area contributed by atoms with Crippen molar-refractivity contribution in [2.75, 3.05) is 4.90 Å². The predicted octanol–water partition coefficient (Wildman–Crippen LogP) is 3.72. The summed E-state index contributed by atoms with van der Waals surface area (Å²) in [6, 6.07) is 17.1. The second kappa shape index (κ2) is 6.55. The normalized spacial score (nSPS) is 22.2. The summed E-state index contributed by atoms with van der Waals surface area (Å²) >= 11 is 0. The Hall–Kier alpha value is -2.88. The fourth-order valence-corrected chi connectivity index (χ4v) is 3.49. The first-order valence-corrected chi connectivity index (χ1v) is 8.53. The SMILES string of the molecule is O=C1[C@@H]2CC=CC[C@H]2C(=O)N1c1ccc(OCc2ccccc2)cc1. The Bertz CT molecular complexity index is 785. The number of amides is 2. The van der Waals surface area contributed by atoms with Crippen molar-refractivity contribution in [1.29, 1.82) is 0 Å². The number of carbonyl (C=O) groups is 2. The van der Waals surface area contributed by atoms with Gasteiger partial charge in [0, 0.05) is 0 Å². The Balaban J connectivity index is 1.47. The van der Waals surface area contributed by atoms with Crippen LogP contribution in [0.5, 0.6) is 5.75 Å². The van der Waals surface area contributed by atoms with E-state index < -0.39 is 0 Å². The number of fused-ring (bicyclic) bond motifs is 1. The van der Waals surface area contributed by atoms with E-state index in [4.69, 9.17) is 4.74 Å². The summed E-state index contributed by atoms with van der Waals surface area (Å²) < 4.78 is 5.76. The lowest BCUT2D eigenvalue weighted by Crippen LogP contribution is -2.30. The van der Waals surface area contributed by atoms with Crippen LogP contribution in [-0.4, -0.2) is 11.8 Å². The zero-order chi connectivity index (χ0) is 17.2. The molecule has 2 aromatic carbocycles. The van der Waals surface area contributed by atoms with Crippen LogP contribution in [0.4, 0.5) is 5.69 Å². The van der Waals surface area contributed by atoms with Crippen LogP contribution in [-0.2, 0) is 16.2 Å². The van der Waals surface area contributed by atoms with Crippen molar-refractivity contribution in [3.8, 4) is 5.75 Å². The van der Waals surface area contributed by atoms with E-state index in [9.17, 15) is 9.59 Å². The average molecular weight is 333 g/mol. The first kappa shape index (κ1) is 15.6. The monoisotopic (exact) mass is 333 g/mol. The van der Waals surface area contributed by atoms with Gasteiger partial charge in [-0.1, -0.05) is 42.5 Å². The minimum absolute atomic E-state index is 0.0858. The maximum Gasteiger partial charge on any atom is 0.238 e. The highest BCUT2D eigenvalue weighted by atomic mass is 16.5. The van der Waals surface area contributed by atoms with Gasteiger partial charge in [-0.25, -0.2) is 0 Å². The molecule has 2 amide bonds. The molecule has 1 aliphatic carbocycles. The van der Waals surface area contributed by atoms with Crippen LogP contribution in [0.3, 0.4) is 0 Å². The van der Waals surface area contributed by atoms with Crippen LogP contribution in [0.15, 0.2) is 66.7 Å². The third kappa shape index (κ3) is 2.95. The fraction of sp³-hybridized carbons (Fsp3) is 0.238. The minimum atomic E-state index is -0.202. The lowest BCUT2D eigenvalue weighted by atomic mass is 9.85. The van der Waals surface area contributed by atoms with Gasteiger partial charge in [-0.15, -0.1) is 0 Å². The summed E-state index contributed by atoms with van der Waals surface area (Å²) in [5.74, 6) is 0.137. The largest absolute Gasteiger partial charge is 0.489 e. The smallest absolute Gasteiger partial charge is 0.238 e. The Labute approximate surface area is 146 Å². The molecule has 0 bridgehead atoms. The van der Waals surface area contributed by atoms with Crippen molar-refractivity contribution in [2.24, 2.45) is 11.8 Å². The molecule has 0 unspecified atom stereocenters. The summed E-state index contributed by atoms with van der Waals surface area (Å²) in [5.41, 5.74) is 1.71. The van der Waals surface area contributed by atoms with Gasteiger partial charge in [0.05, 0.1) is 17.5 Å². The molecule has 25 heavy (non-hydrogen) atoms. The predicted molar refractivity (Wildman–Crippen MR) is 95.1 cm³/mol. The maximum absolute atomic E-state index is 12.6. The van der Waals surface area contributed by atoms with Gasteiger partial charge in [-0.05, 0) is 42.7 Å². The molecule has 4 rings (SSSR count). The van der Waals surface area contributed by atoms with Gasteiger partial charge in [0.25, 0.3) is 0 Å². The molecule has 2 atom stereocenters. The molecule has 2 aromatic rings. The third-order valence-electron chi connectivity index (χ3n) is 4.85. The van der Waals surface area contributed by atoms with Crippen LogP contribution in [0, 0.1) is 11.8 Å². The molecule has 1 saturated heterocycles. The van der Waals surface area contributed by atoms with E-state index in [0.29, 0.717) is 30.9 Å². The van der Waals surface area contributed by atoms with Crippen molar-refractivity contribution in [3.63, 3.8) is 0 Å². The van der Waals surface area contributed by atoms with Crippen LogP contribution < -0.4 is 9.64 Å². The summed E-state index contributed by atoms with van der Waals surface area (Å²) in [6.45, 7) is 0.484. The molecule has 1 heterocycles. The molecule has 0 aromatic heterocycles. The number of anilines is 1. The molecule has 126 valence electrons. The Morgan fingerprint density at radius 2 is 1.44 bits per heavy atom. The summed E-state index contributed by atoms with van der Waals surface area (Å²) in [6.07, 6.45) is 5.31. The van der Waals surface area contributed by atoms with Gasteiger partial charge < -0.3 is 4.74 Å². The van der Waals surface area contributed by atoms with E-state index in [1.807, 2.05) is 42.5 Å². The molecular formula is C21H19NO3. The number of benzene rings is 2. The molecular weight excluding hydrogens is 314 g/mol. The second-order valence-electron chi connectivity index (χ2n) is 6.44. The molecule has 1 fully saturated rings. The highest BCUT2D eigenvalue weighted by Crippen LogP contribution is 2.37. The first-order valence-electron chi connectivity index (χ1n) is 8.53. The van der Waals surface area contributed by atoms with Crippen molar-refractivity contribution >= 4 is 17.5 Å². The second-order valence-corrected chi connectivity index (χ2v) is 6.44. The number of imide groups is 1. The zero-order valence-corrected chi connectivity index (χ0v) is 13.8. The van der Waals surface area contributed by atoms with E-state index in [0.717, 1.165) is 5.56 Å². The van der Waals surface area contributed by atoms with E-state index in [1.165, 1.54) is 4.90 Å². The number of hydrogen-bond acceptors (Lipinski definition) is 3. The average Bonchev–Trinajstić information content (AvgIpc) is 2.93. The number of nitrogens with zero attached hydrogens (tertiary/aromatic N) is 1. The van der Waals surface area contributed by atoms with Crippen molar-refractivity contribution in [3.05, 3.63) is 72.3 Å². The Morgan fingerprint density at radius 1 is 0.840 bits per heavy atom. The van der Waals surface area contributed by atoms with E-state index in [1.54, 1.807) is 24.3 Å². The molecule has 4 heteroatoms. The number of hydrogen-bond donors (Lipinski definition) is 0. The van der Waals surface area contributed by atoms with Gasteiger partial charge in [0.1, 0.15) is 12.4 Å². The molecule has 0 saturated carbocycles. The topological polar surface area (TPSA) is 46.6 Å².